The van der Waals surface area contributed by atoms with Crippen molar-refractivity contribution in [2.45, 2.75) is 13.8 Å². The van der Waals surface area contributed by atoms with Crippen molar-refractivity contribution in [3.05, 3.63) is 40.0 Å². The average molecular weight is 193 g/mol. The minimum atomic E-state index is -0.595. The molecule has 0 aliphatic rings. The van der Waals surface area contributed by atoms with Gasteiger partial charge < -0.3 is 5.11 Å². The van der Waals surface area contributed by atoms with E-state index < -0.39 is 4.92 Å². The fraction of sp³-hybridized carbons (Fsp3) is 0.200. The van der Waals surface area contributed by atoms with Gasteiger partial charge in [-0.2, -0.15) is 0 Å². The van der Waals surface area contributed by atoms with Crippen molar-refractivity contribution in [2.24, 2.45) is 0 Å². The van der Waals surface area contributed by atoms with Crippen LogP contribution < -0.4 is 0 Å². The number of benzene rings is 1. The summed E-state index contributed by atoms with van der Waals surface area (Å²) in [6, 6.07) is 4.49. The molecule has 1 aromatic rings. The largest absolute Gasteiger partial charge is 0.502 e. The van der Waals surface area contributed by atoms with Crippen molar-refractivity contribution in [2.75, 3.05) is 0 Å². The van der Waals surface area contributed by atoms with Gasteiger partial charge in [-0.3, -0.25) is 10.1 Å². The Bertz CT molecular complexity index is 396. The Labute approximate surface area is 81.6 Å². The quantitative estimate of drug-likeness (QED) is 0.580. The lowest BCUT2D eigenvalue weighted by Crippen LogP contribution is -1.91. The summed E-state index contributed by atoms with van der Waals surface area (Å²) in [5.41, 5.74) is 1.05. The highest BCUT2D eigenvalue weighted by molar-refractivity contribution is 5.72. The van der Waals surface area contributed by atoms with Crippen LogP contribution in [0.2, 0.25) is 0 Å². The molecular formula is C10H11NO3. The molecule has 1 aromatic carbocycles. The Morgan fingerprint density at radius 3 is 2.71 bits per heavy atom. The zero-order chi connectivity index (χ0) is 10.7. The molecule has 4 heteroatoms. The molecule has 1 rings (SSSR count). The van der Waals surface area contributed by atoms with Crippen LogP contribution in [0.15, 0.2) is 24.3 Å². The number of nitro benzene ring substituents is 1. The number of phenols is 1. The number of para-hydroxylation sites is 1. The second-order valence-electron chi connectivity index (χ2n) is 2.90. The Kier molecular flexibility index (Phi) is 2.86. The fourth-order valence-corrected chi connectivity index (χ4v) is 1.15. The number of rotatable bonds is 2. The summed E-state index contributed by atoms with van der Waals surface area (Å²) >= 11 is 0. The minimum Gasteiger partial charge on any atom is -0.502 e. The van der Waals surface area contributed by atoms with E-state index in [4.69, 9.17) is 0 Å². The van der Waals surface area contributed by atoms with Crippen LogP contribution in [-0.2, 0) is 0 Å². The van der Waals surface area contributed by atoms with Crippen LogP contribution in [0.1, 0.15) is 19.4 Å². The molecule has 0 aliphatic carbocycles. The van der Waals surface area contributed by atoms with Gasteiger partial charge in [0.15, 0.2) is 0 Å². The molecule has 14 heavy (non-hydrogen) atoms. The predicted octanol–water partition coefficient (Wildman–Crippen LogP) is 2.72. The normalized spacial score (nSPS) is 11.4. The highest BCUT2D eigenvalue weighted by Gasteiger charge is 2.16. The zero-order valence-corrected chi connectivity index (χ0v) is 8.02. The number of phenolic OH excluding ortho intramolecular Hbond substituents is 1. The first-order valence-corrected chi connectivity index (χ1v) is 4.17. The second-order valence-corrected chi connectivity index (χ2v) is 2.90. The number of nitro groups is 1. The lowest BCUT2D eigenvalue weighted by molar-refractivity contribution is -0.385. The van der Waals surface area contributed by atoms with E-state index in [2.05, 4.69) is 0 Å². The van der Waals surface area contributed by atoms with E-state index in [1.54, 1.807) is 25.1 Å². The summed E-state index contributed by atoms with van der Waals surface area (Å²) in [6.07, 6.45) is 1.79. The van der Waals surface area contributed by atoms with E-state index in [0.29, 0.717) is 5.56 Å². The Hall–Kier alpha value is -1.84. The highest BCUT2D eigenvalue weighted by atomic mass is 16.6. The summed E-state index contributed by atoms with van der Waals surface area (Å²) in [6.45, 7) is 3.60. The molecular weight excluding hydrogens is 182 g/mol. The topological polar surface area (TPSA) is 63.4 Å². The molecule has 0 amide bonds. The molecule has 0 heterocycles. The molecule has 0 saturated carbocycles. The molecule has 0 atom stereocenters. The number of hydrogen-bond acceptors (Lipinski definition) is 3. The van der Waals surface area contributed by atoms with Gasteiger partial charge in [0.05, 0.1) is 4.92 Å². The predicted molar refractivity (Wildman–Crippen MR) is 54.1 cm³/mol. The van der Waals surface area contributed by atoms with E-state index >= 15 is 0 Å². The number of allylic oxidation sites excluding steroid dienone is 2. The molecule has 0 saturated heterocycles. The van der Waals surface area contributed by atoms with Crippen LogP contribution in [-0.4, -0.2) is 10.0 Å². The SMILES string of the molecule is CC=C(C)c1cccc([N+](=O)[O-])c1O. The van der Waals surface area contributed by atoms with Gasteiger partial charge in [0.1, 0.15) is 0 Å². The van der Waals surface area contributed by atoms with Crippen molar-refractivity contribution in [3.8, 4) is 5.75 Å². The summed E-state index contributed by atoms with van der Waals surface area (Å²) in [5.74, 6) is -0.270. The molecule has 0 bridgehead atoms. The van der Waals surface area contributed by atoms with Crippen LogP contribution in [0.3, 0.4) is 0 Å². The Morgan fingerprint density at radius 1 is 1.57 bits per heavy atom. The average Bonchev–Trinajstić information content (AvgIpc) is 2.16. The van der Waals surface area contributed by atoms with E-state index in [-0.39, 0.29) is 11.4 Å². The summed E-state index contributed by atoms with van der Waals surface area (Å²) < 4.78 is 0. The summed E-state index contributed by atoms with van der Waals surface area (Å²) in [4.78, 5) is 9.92. The zero-order valence-electron chi connectivity index (χ0n) is 8.02. The van der Waals surface area contributed by atoms with Crippen LogP contribution in [0.25, 0.3) is 5.57 Å². The first-order chi connectivity index (χ1) is 6.57. The Balaban J connectivity index is 3.35. The summed E-state index contributed by atoms with van der Waals surface area (Å²) in [5, 5.41) is 20.1. The molecule has 0 fully saturated rings. The van der Waals surface area contributed by atoms with Crippen molar-refractivity contribution in [3.63, 3.8) is 0 Å². The van der Waals surface area contributed by atoms with Crippen molar-refractivity contribution in [1.82, 2.24) is 0 Å². The maximum absolute atomic E-state index is 10.5. The number of nitrogens with zero attached hydrogens (tertiary/aromatic N) is 1. The van der Waals surface area contributed by atoms with E-state index in [1.165, 1.54) is 6.07 Å². The van der Waals surface area contributed by atoms with Gasteiger partial charge in [-0.15, -0.1) is 0 Å². The van der Waals surface area contributed by atoms with Gasteiger partial charge >= 0.3 is 5.69 Å². The van der Waals surface area contributed by atoms with Gasteiger partial charge in [0, 0.05) is 11.6 Å². The van der Waals surface area contributed by atoms with Crippen molar-refractivity contribution in [1.29, 1.82) is 0 Å². The monoisotopic (exact) mass is 193 g/mol. The van der Waals surface area contributed by atoms with Crippen LogP contribution in [0.4, 0.5) is 5.69 Å². The lowest BCUT2D eigenvalue weighted by Gasteiger charge is -2.03. The lowest BCUT2D eigenvalue weighted by atomic mass is 10.1. The molecule has 0 radical (unpaired) electrons. The number of aromatic hydroxyl groups is 1. The third-order valence-corrected chi connectivity index (χ3v) is 2.07. The van der Waals surface area contributed by atoms with Gasteiger partial charge in [0.2, 0.25) is 5.75 Å². The van der Waals surface area contributed by atoms with E-state index in [0.717, 1.165) is 5.57 Å². The Morgan fingerprint density at radius 2 is 2.21 bits per heavy atom. The van der Waals surface area contributed by atoms with Gasteiger partial charge in [-0.25, -0.2) is 0 Å². The molecule has 0 aliphatic heterocycles. The summed E-state index contributed by atoms with van der Waals surface area (Å²) in [7, 11) is 0. The van der Waals surface area contributed by atoms with Gasteiger partial charge in [0.25, 0.3) is 0 Å². The van der Waals surface area contributed by atoms with Crippen LogP contribution in [0, 0.1) is 10.1 Å². The van der Waals surface area contributed by atoms with E-state index in [9.17, 15) is 15.2 Å². The van der Waals surface area contributed by atoms with Crippen molar-refractivity contribution < 1.29 is 10.0 Å². The van der Waals surface area contributed by atoms with Crippen LogP contribution in [0.5, 0.6) is 5.75 Å². The van der Waals surface area contributed by atoms with Crippen molar-refractivity contribution >= 4 is 11.3 Å². The number of hydrogen-bond donors (Lipinski definition) is 1. The maximum Gasteiger partial charge on any atom is 0.311 e. The third kappa shape index (κ3) is 1.74. The van der Waals surface area contributed by atoms with E-state index in [1.807, 2.05) is 6.92 Å². The molecule has 0 unspecified atom stereocenters. The fourth-order valence-electron chi connectivity index (χ4n) is 1.15. The molecule has 0 spiro atoms. The molecule has 74 valence electrons. The molecule has 1 N–H and O–H groups in total. The van der Waals surface area contributed by atoms with Crippen LogP contribution >= 0.6 is 0 Å². The maximum atomic E-state index is 10.5. The smallest absolute Gasteiger partial charge is 0.311 e. The highest BCUT2D eigenvalue weighted by Crippen LogP contribution is 2.33. The first-order valence-electron chi connectivity index (χ1n) is 4.17. The minimum absolute atomic E-state index is 0.260. The molecule has 0 aromatic heterocycles. The third-order valence-electron chi connectivity index (χ3n) is 2.07. The van der Waals surface area contributed by atoms with Gasteiger partial charge in [-0.05, 0) is 19.4 Å². The molecule has 4 nitrogen and oxygen atoms in total. The standard InChI is InChI=1S/C10H11NO3/c1-3-7(2)8-5-4-6-9(10(8)12)11(13)14/h3-6,12H,1-2H3. The second kappa shape index (κ2) is 3.91. The van der Waals surface area contributed by atoms with Gasteiger partial charge in [-0.1, -0.05) is 18.2 Å². The first kappa shape index (κ1) is 10.2.